The minimum Gasteiger partial charge on any atom is -0.319 e. The average molecular weight is 156 g/mol. The number of rotatable bonds is 3. The van der Waals surface area contributed by atoms with Crippen molar-refractivity contribution in [3.05, 3.63) is 16.1 Å². The maximum Gasteiger partial charge on any atom is 0.0940 e. The minimum atomic E-state index is 1.02. The van der Waals surface area contributed by atoms with Gasteiger partial charge in [-0.25, -0.2) is 4.98 Å². The number of nitrogens with one attached hydrogen (secondary N) is 1. The Morgan fingerprint density at radius 1 is 1.70 bits per heavy atom. The first-order valence-corrected chi connectivity index (χ1v) is 4.26. The summed E-state index contributed by atoms with van der Waals surface area (Å²) in [6.07, 6.45) is 1.05. The molecule has 1 rings (SSSR count). The van der Waals surface area contributed by atoms with Crippen LogP contribution in [0, 0.1) is 6.92 Å². The summed E-state index contributed by atoms with van der Waals surface area (Å²) in [5.41, 5.74) is 1.14. The molecule has 56 valence electrons. The highest BCUT2D eigenvalue weighted by Gasteiger charge is 1.95. The van der Waals surface area contributed by atoms with Crippen molar-refractivity contribution in [3.8, 4) is 0 Å². The predicted molar refractivity (Wildman–Crippen MR) is 44.5 cm³/mol. The number of hydrogen-bond donors (Lipinski definition) is 1. The fourth-order valence-corrected chi connectivity index (χ4v) is 1.53. The van der Waals surface area contributed by atoms with Gasteiger partial charge in [-0.15, -0.1) is 11.3 Å². The van der Waals surface area contributed by atoms with Gasteiger partial charge in [0, 0.05) is 24.0 Å². The molecule has 0 aliphatic carbocycles. The molecule has 0 spiro atoms. The van der Waals surface area contributed by atoms with E-state index in [0.29, 0.717) is 0 Å². The third-order valence-corrected chi connectivity index (χ3v) is 2.28. The zero-order chi connectivity index (χ0) is 7.40. The Balaban J connectivity index is 2.42. The Bertz CT molecular complexity index is 195. The van der Waals surface area contributed by atoms with Crippen molar-refractivity contribution in [3.63, 3.8) is 0 Å². The molecule has 10 heavy (non-hydrogen) atoms. The second-order valence-corrected chi connectivity index (χ2v) is 3.18. The van der Waals surface area contributed by atoms with Crippen LogP contribution in [0.2, 0.25) is 0 Å². The Morgan fingerprint density at radius 2 is 2.50 bits per heavy atom. The first kappa shape index (κ1) is 7.69. The molecule has 0 atom stereocenters. The van der Waals surface area contributed by atoms with Crippen LogP contribution in [0.15, 0.2) is 5.38 Å². The summed E-state index contributed by atoms with van der Waals surface area (Å²) in [6, 6.07) is 0. The van der Waals surface area contributed by atoms with Gasteiger partial charge in [-0.2, -0.15) is 0 Å². The van der Waals surface area contributed by atoms with Crippen LogP contribution in [0.4, 0.5) is 0 Å². The van der Waals surface area contributed by atoms with Crippen molar-refractivity contribution >= 4 is 11.3 Å². The van der Waals surface area contributed by atoms with Crippen molar-refractivity contribution in [1.29, 1.82) is 0 Å². The van der Waals surface area contributed by atoms with E-state index in [4.69, 9.17) is 0 Å². The van der Waals surface area contributed by atoms with Crippen LogP contribution in [0.25, 0.3) is 0 Å². The molecule has 2 nitrogen and oxygen atoms in total. The van der Waals surface area contributed by atoms with Crippen LogP contribution >= 0.6 is 11.3 Å². The molecule has 0 amide bonds. The third kappa shape index (κ3) is 2.08. The van der Waals surface area contributed by atoms with Crippen LogP contribution in [0.5, 0.6) is 0 Å². The van der Waals surface area contributed by atoms with Crippen molar-refractivity contribution in [1.82, 2.24) is 10.3 Å². The first-order valence-electron chi connectivity index (χ1n) is 3.38. The SMILES string of the molecule is CNCCc1nc(C)cs1. The van der Waals surface area contributed by atoms with Crippen LogP contribution in [-0.4, -0.2) is 18.6 Å². The van der Waals surface area contributed by atoms with Crippen molar-refractivity contribution in [2.45, 2.75) is 13.3 Å². The molecule has 0 fully saturated rings. The molecule has 0 aliphatic rings. The van der Waals surface area contributed by atoms with Crippen LogP contribution in [0.1, 0.15) is 10.7 Å². The molecule has 1 aromatic heterocycles. The fraction of sp³-hybridized carbons (Fsp3) is 0.571. The molecule has 0 saturated carbocycles. The number of nitrogens with zero attached hydrogens (tertiary/aromatic N) is 1. The van der Waals surface area contributed by atoms with E-state index < -0.39 is 0 Å². The summed E-state index contributed by atoms with van der Waals surface area (Å²) in [6.45, 7) is 3.05. The number of aryl methyl sites for hydroxylation is 1. The zero-order valence-corrected chi connectivity index (χ0v) is 7.16. The lowest BCUT2D eigenvalue weighted by Gasteiger charge is -1.92. The highest BCUT2D eigenvalue weighted by atomic mass is 32.1. The summed E-state index contributed by atoms with van der Waals surface area (Å²) >= 11 is 1.74. The molecular weight excluding hydrogens is 144 g/mol. The van der Waals surface area contributed by atoms with Gasteiger partial charge in [0.2, 0.25) is 0 Å². The van der Waals surface area contributed by atoms with Gasteiger partial charge >= 0.3 is 0 Å². The monoisotopic (exact) mass is 156 g/mol. The molecule has 0 bridgehead atoms. The molecule has 1 N–H and O–H groups in total. The van der Waals surface area contributed by atoms with Gasteiger partial charge in [0.25, 0.3) is 0 Å². The van der Waals surface area contributed by atoms with Crippen molar-refractivity contribution < 1.29 is 0 Å². The molecular formula is C7H12N2S. The second-order valence-electron chi connectivity index (χ2n) is 2.24. The summed E-state index contributed by atoms with van der Waals surface area (Å²) in [7, 11) is 1.96. The van der Waals surface area contributed by atoms with Gasteiger partial charge in [0.1, 0.15) is 0 Å². The Kier molecular flexibility index (Phi) is 2.83. The maximum atomic E-state index is 4.33. The van der Waals surface area contributed by atoms with E-state index in [2.05, 4.69) is 15.7 Å². The van der Waals surface area contributed by atoms with Crippen molar-refractivity contribution in [2.24, 2.45) is 0 Å². The Labute approximate surface area is 65.3 Å². The highest BCUT2D eigenvalue weighted by molar-refractivity contribution is 7.09. The van der Waals surface area contributed by atoms with E-state index in [-0.39, 0.29) is 0 Å². The van der Waals surface area contributed by atoms with Crippen LogP contribution < -0.4 is 5.32 Å². The quantitative estimate of drug-likeness (QED) is 0.711. The van der Waals surface area contributed by atoms with Gasteiger partial charge < -0.3 is 5.32 Å². The van der Waals surface area contributed by atoms with Gasteiger partial charge in [0.15, 0.2) is 0 Å². The summed E-state index contributed by atoms with van der Waals surface area (Å²) in [5.74, 6) is 0. The Morgan fingerprint density at radius 3 is 3.00 bits per heavy atom. The summed E-state index contributed by atoms with van der Waals surface area (Å²) in [5, 5.41) is 6.41. The van der Waals surface area contributed by atoms with Gasteiger partial charge in [-0.1, -0.05) is 0 Å². The van der Waals surface area contributed by atoms with E-state index in [9.17, 15) is 0 Å². The summed E-state index contributed by atoms with van der Waals surface area (Å²) in [4.78, 5) is 4.33. The molecule has 1 aromatic rings. The lowest BCUT2D eigenvalue weighted by atomic mass is 10.4. The van der Waals surface area contributed by atoms with E-state index in [1.54, 1.807) is 11.3 Å². The predicted octanol–water partition coefficient (Wildman–Crippen LogP) is 1.21. The Hall–Kier alpha value is -0.410. The average Bonchev–Trinajstić information content (AvgIpc) is 2.31. The standard InChI is InChI=1S/C7H12N2S/c1-6-5-10-7(9-6)3-4-8-2/h5,8H,3-4H2,1-2H3. The topological polar surface area (TPSA) is 24.9 Å². The lowest BCUT2D eigenvalue weighted by Crippen LogP contribution is -2.09. The van der Waals surface area contributed by atoms with E-state index in [0.717, 1.165) is 18.7 Å². The normalized spacial score (nSPS) is 10.2. The molecule has 0 saturated heterocycles. The molecule has 1 heterocycles. The largest absolute Gasteiger partial charge is 0.319 e. The van der Waals surface area contributed by atoms with Crippen LogP contribution in [0.3, 0.4) is 0 Å². The zero-order valence-electron chi connectivity index (χ0n) is 6.35. The fourth-order valence-electron chi connectivity index (χ4n) is 0.749. The number of hydrogen-bond acceptors (Lipinski definition) is 3. The second kappa shape index (κ2) is 3.68. The molecule has 0 unspecified atom stereocenters. The van der Waals surface area contributed by atoms with Crippen molar-refractivity contribution in [2.75, 3.05) is 13.6 Å². The molecule has 0 radical (unpaired) electrons. The number of thiazole rings is 1. The van der Waals surface area contributed by atoms with Gasteiger partial charge in [-0.05, 0) is 14.0 Å². The first-order chi connectivity index (χ1) is 4.83. The molecule has 3 heteroatoms. The smallest absolute Gasteiger partial charge is 0.0940 e. The van der Waals surface area contributed by atoms with E-state index >= 15 is 0 Å². The summed E-state index contributed by atoms with van der Waals surface area (Å²) < 4.78 is 0. The highest BCUT2D eigenvalue weighted by Crippen LogP contribution is 2.08. The number of likely N-dealkylation sites (N-methyl/N-ethyl adjacent to an activating group) is 1. The molecule has 0 aromatic carbocycles. The maximum absolute atomic E-state index is 4.33. The third-order valence-electron chi connectivity index (χ3n) is 1.26. The van der Waals surface area contributed by atoms with E-state index in [1.807, 2.05) is 14.0 Å². The lowest BCUT2D eigenvalue weighted by molar-refractivity contribution is 0.786. The van der Waals surface area contributed by atoms with E-state index in [1.165, 1.54) is 5.01 Å². The number of aromatic nitrogens is 1. The van der Waals surface area contributed by atoms with Crippen LogP contribution in [-0.2, 0) is 6.42 Å². The minimum absolute atomic E-state index is 1.02. The van der Waals surface area contributed by atoms with Gasteiger partial charge in [-0.3, -0.25) is 0 Å². The molecule has 0 aliphatic heterocycles. The van der Waals surface area contributed by atoms with Gasteiger partial charge in [0.05, 0.1) is 5.01 Å².